The molecule has 2 N–H and O–H groups in total. The normalized spacial score (nSPS) is 24.1. The summed E-state index contributed by atoms with van der Waals surface area (Å²) in [6.45, 7) is 0.0274. The molecule has 0 aromatic heterocycles. The number of hydrogen-bond donors (Lipinski definition) is 2. The van der Waals surface area contributed by atoms with E-state index in [0.717, 1.165) is 5.56 Å². The summed E-state index contributed by atoms with van der Waals surface area (Å²) in [7, 11) is 0. The van der Waals surface area contributed by atoms with Gasteiger partial charge in [0.25, 0.3) is 0 Å². The topological polar surface area (TPSA) is 69.6 Å². The van der Waals surface area contributed by atoms with Crippen LogP contribution in [0.15, 0.2) is 66.7 Å². The number of halogens is 3. The van der Waals surface area contributed by atoms with Crippen molar-refractivity contribution >= 4 is 40.8 Å². The molecular formula is C26H21Cl2FN2O3. The molecule has 3 aromatic carbocycles. The molecule has 0 saturated carbocycles. The van der Waals surface area contributed by atoms with Crippen LogP contribution in [-0.4, -0.2) is 35.0 Å². The van der Waals surface area contributed by atoms with E-state index in [1.54, 1.807) is 47.4 Å². The number of hydrogen-bond acceptors (Lipinski definition) is 3. The van der Waals surface area contributed by atoms with Crippen molar-refractivity contribution in [1.82, 2.24) is 4.90 Å². The number of anilines is 1. The fraction of sp³-hybridized carbons (Fsp3) is 0.231. The molecule has 1 fully saturated rings. The molecule has 1 saturated heterocycles. The first-order valence-electron chi connectivity index (χ1n) is 10.9. The lowest BCUT2D eigenvalue weighted by molar-refractivity contribution is -0.142. The average Bonchev–Trinajstić information content (AvgIpc) is 3.05. The Morgan fingerprint density at radius 2 is 1.85 bits per heavy atom. The first kappa shape index (κ1) is 22.8. The van der Waals surface area contributed by atoms with Crippen LogP contribution < -0.4 is 5.32 Å². The molecule has 1 amide bonds. The van der Waals surface area contributed by atoms with Gasteiger partial charge in [0.05, 0.1) is 12.6 Å². The van der Waals surface area contributed by atoms with Gasteiger partial charge in [-0.3, -0.25) is 14.5 Å². The first-order chi connectivity index (χ1) is 16.3. The molecule has 0 unspecified atom stereocenters. The molecule has 2 aliphatic rings. The largest absolute Gasteiger partial charge is 0.480 e. The molecule has 2 aliphatic heterocycles. The Kier molecular flexibility index (Phi) is 5.84. The number of carbonyl (C=O) groups excluding carboxylic acids is 1. The lowest BCUT2D eigenvalue weighted by Gasteiger charge is -2.51. The van der Waals surface area contributed by atoms with Gasteiger partial charge in [-0.2, -0.15) is 0 Å². The zero-order valence-corrected chi connectivity index (χ0v) is 19.5. The van der Waals surface area contributed by atoms with Crippen molar-refractivity contribution in [3.63, 3.8) is 0 Å². The van der Waals surface area contributed by atoms with Gasteiger partial charge >= 0.3 is 5.97 Å². The summed E-state index contributed by atoms with van der Waals surface area (Å²) in [5, 5.41) is 13.6. The van der Waals surface area contributed by atoms with Gasteiger partial charge in [-0.25, -0.2) is 4.39 Å². The van der Waals surface area contributed by atoms with E-state index in [-0.39, 0.29) is 23.9 Å². The van der Waals surface area contributed by atoms with Gasteiger partial charge in [0.15, 0.2) is 0 Å². The number of carboxylic acids is 1. The number of carbonyl (C=O) groups is 2. The third-order valence-corrected chi connectivity index (χ3v) is 7.36. The number of benzene rings is 3. The van der Waals surface area contributed by atoms with Crippen molar-refractivity contribution in [2.45, 2.75) is 23.8 Å². The van der Waals surface area contributed by atoms with Crippen molar-refractivity contribution in [2.24, 2.45) is 0 Å². The summed E-state index contributed by atoms with van der Waals surface area (Å²) in [4.78, 5) is 27.5. The Hall–Kier alpha value is -2.93. The van der Waals surface area contributed by atoms with Gasteiger partial charge in [0, 0.05) is 33.8 Å². The zero-order valence-electron chi connectivity index (χ0n) is 18.0. The third kappa shape index (κ3) is 3.57. The van der Waals surface area contributed by atoms with Gasteiger partial charge in [-0.05, 0) is 47.9 Å². The Balaban J connectivity index is 1.83. The highest BCUT2D eigenvalue weighted by Crippen LogP contribution is 2.60. The number of likely N-dealkylation sites (tertiary alicyclic amines) is 1. The van der Waals surface area contributed by atoms with Gasteiger partial charge in [0.2, 0.25) is 5.91 Å². The molecule has 0 radical (unpaired) electrons. The summed E-state index contributed by atoms with van der Waals surface area (Å²) in [5.74, 6) is -2.25. The lowest BCUT2D eigenvalue weighted by atomic mass is 9.58. The Morgan fingerprint density at radius 1 is 1.09 bits per heavy atom. The van der Waals surface area contributed by atoms with Crippen LogP contribution in [0.2, 0.25) is 10.0 Å². The monoisotopic (exact) mass is 498 g/mol. The van der Waals surface area contributed by atoms with Crippen molar-refractivity contribution in [2.75, 3.05) is 18.4 Å². The number of fused-ring (bicyclic) bond motifs is 2. The fourth-order valence-electron chi connectivity index (χ4n) is 5.71. The number of nitrogens with one attached hydrogen (secondary N) is 1. The molecule has 5 rings (SSSR count). The van der Waals surface area contributed by atoms with Crippen LogP contribution in [0.5, 0.6) is 0 Å². The number of amides is 1. The molecule has 34 heavy (non-hydrogen) atoms. The Bertz CT molecular complexity index is 1300. The molecule has 3 atom stereocenters. The highest BCUT2D eigenvalue weighted by atomic mass is 35.5. The minimum absolute atomic E-state index is 0.272. The van der Waals surface area contributed by atoms with Crippen LogP contribution in [0.3, 0.4) is 0 Å². The fourth-order valence-corrected chi connectivity index (χ4v) is 6.08. The SMILES string of the molecule is O=C(O)CN1CC[C@@H](c2cccc(Cl)c2)[C@]2(C(=O)Nc3cc(Cl)ccc32)[C@H]1c1ccccc1F. The molecule has 2 heterocycles. The molecule has 0 bridgehead atoms. The third-order valence-electron chi connectivity index (χ3n) is 6.89. The average molecular weight is 499 g/mol. The van der Waals surface area contributed by atoms with Crippen LogP contribution >= 0.6 is 23.2 Å². The van der Waals surface area contributed by atoms with E-state index in [9.17, 15) is 14.7 Å². The highest BCUT2D eigenvalue weighted by Gasteiger charge is 2.62. The Labute approximate surface area is 206 Å². The number of carboxylic acid groups (broad SMARTS) is 1. The van der Waals surface area contributed by atoms with Crippen LogP contribution in [0.4, 0.5) is 10.1 Å². The zero-order chi connectivity index (χ0) is 24.0. The predicted molar refractivity (Wildman–Crippen MR) is 129 cm³/mol. The second kappa shape index (κ2) is 8.69. The number of aliphatic carboxylic acids is 1. The van der Waals surface area contributed by atoms with Crippen molar-refractivity contribution in [3.8, 4) is 0 Å². The van der Waals surface area contributed by atoms with E-state index in [0.29, 0.717) is 34.3 Å². The molecule has 174 valence electrons. The maximum atomic E-state index is 15.3. The lowest BCUT2D eigenvalue weighted by Crippen LogP contribution is -2.57. The second-order valence-corrected chi connectivity index (χ2v) is 9.57. The number of rotatable bonds is 4. The van der Waals surface area contributed by atoms with Crippen molar-refractivity contribution in [1.29, 1.82) is 0 Å². The van der Waals surface area contributed by atoms with E-state index in [2.05, 4.69) is 5.32 Å². The van der Waals surface area contributed by atoms with Gasteiger partial charge < -0.3 is 10.4 Å². The van der Waals surface area contributed by atoms with E-state index >= 15 is 4.39 Å². The van der Waals surface area contributed by atoms with Crippen LogP contribution in [0.1, 0.15) is 35.1 Å². The maximum Gasteiger partial charge on any atom is 0.317 e. The van der Waals surface area contributed by atoms with Crippen LogP contribution in [0.25, 0.3) is 0 Å². The molecule has 1 spiro atoms. The molecule has 3 aromatic rings. The summed E-state index contributed by atoms with van der Waals surface area (Å²) >= 11 is 12.6. The van der Waals surface area contributed by atoms with Gasteiger partial charge in [-0.15, -0.1) is 0 Å². The number of piperidine rings is 1. The Morgan fingerprint density at radius 3 is 2.59 bits per heavy atom. The standard InChI is InChI=1S/C26H21Cl2FN2O3/c27-16-5-3-4-15(12-16)19-10-11-31(14-23(32)33)24(18-6-1-2-7-21(18)29)26(19)20-9-8-17(28)13-22(20)30-25(26)34/h1-9,12-13,19,24H,10-11,14H2,(H,30,34)(H,32,33)/t19-,24+,26+/m0/s1. The van der Waals surface area contributed by atoms with Gasteiger partial charge in [0.1, 0.15) is 11.2 Å². The minimum atomic E-state index is -1.31. The maximum absolute atomic E-state index is 15.3. The molecular weight excluding hydrogens is 478 g/mol. The van der Waals surface area contributed by atoms with Crippen LogP contribution in [-0.2, 0) is 15.0 Å². The molecule has 8 heteroatoms. The quantitative estimate of drug-likeness (QED) is 0.488. The predicted octanol–water partition coefficient (Wildman–Crippen LogP) is 5.64. The molecule has 0 aliphatic carbocycles. The van der Waals surface area contributed by atoms with Crippen LogP contribution in [0, 0.1) is 5.82 Å². The smallest absolute Gasteiger partial charge is 0.317 e. The second-order valence-electron chi connectivity index (χ2n) is 8.70. The van der Waals surface area contributed by atoms with E-state index in [1.807, 2.05) is 18.2 Å². The minimum Gasteiger partial charge on any atom is -0.480 e. The molecule has 5 nitrogen and oxygen atoms in total. The van der Waals surface area contributed by atoms with Crippen molar-refractivity contribution < 1.29 is 19.1 Å². The van der Waals surface area contributed by atoms with E-state index < -0.39 is 23.2 Å². The van der Waals surface area contributed by atoms with E-state index in [1.165, 1.54) is 6.07 Å². The van der Waals surface area contributed by atoms with Crippen molar-refractivity contribution in [3.05, 3.63) is 99.3 Å². The number of nitrogens with zero attached hydrogens (tertiary/aromatic N) is 1. The summed E-state index contributed by atoms with van der Waals surface area (Å²) in [6, 6.07) is 17.8. The summed E-state index contributed by atoms with van der Waals surface area (Å²) in [5.41, 5.74) is 1.01. The summed E-state index contributed by atoms with van der Waals surface area (Å²) in [6.07, 6.45) is 0.480. The van der Waals surface area contributed by atoms with Gasteiger partial charge in [-0.1, -0.05) is 59.6 Å². The summed E-state index contributed by atoms with van der Waals surface area (Å²) < 4.78 is 15.3. The van der Waals surface area contributed by atoms with E-state index in [4.69, 9.17) is 23.2 Å². The highest BCUT2D eigenvalue weighted by molar-refractivity contribution is 6.31. The first-order valence-corrected chi connectivity index (χ1v) is 11.6.